The van der Waals surface area contributed by atoms with Gasteiger partial charge in [-0.15, -0.1) is 13.2 Å². The highest BCUT2D eigenvalue weighted by molar-refractivity contribution is 5.98. The molecule has 4 rings (SSSR count). The molecule has 3 aliphatic rings. The summed E-state index contributed by atoms with van der Waals surface area (Å²) in [6, 6.07) is 6.24. The minimum absolute atomic E-state index is 0.156. The molecular formula is C23H32F3N5O. The van der Waals surface area contributed by atoms with Crippen molar-refractivity contribution in [3.05, 3.63) is 41.1 Å². The Morgan fingerprint density at radius 3 is 2.59 bits per heavy atom. The lowest BCUT2D eigenvalue weighted by Crippen LogP contribution is -2.61. The monoisotopic (exact) mass is 451 g/mol. The molecular weight excluding hydrogens is 419 g/mol. The molecule has 1 saturated carbocycles. The molecule has 0 radical (unpaired) electrons. The first-order valence-electron chi connectivity index (χ1n) is 11.4. The lowest BCUT2D eigenvalue weighted by molar-refractivity contribution is -0.274. The van der Waals surface area contributed by atoms with Crippen LogP contribution in [-0.4, -0.2) is 24.5 Å². The number of nitrogens with zero attached hydrogens (tertiary/aromatic N) is 1. The third kappa shape index (κ3) is 5.38. The first-order chi connectivity index (χ1) is 15.2. The summed E-state index contributed by atoms with van der Waals surface area (Å²) in [7, 11) is 0. The normalized spacial score (nSPS) is 28.6. The van der Waals surface area contributed by atoms with E-state index < -0.39 is 12.1 Å². The first-order valence-corrected chi connectivity index (χ1v) is 11.4. The van der Waals surface area contributed by atoms with Gasteiger partial charge in [-0.1, -0.05) is 18.2 Å². The zero-order chi connectivity index (χ0) is 22.8. The Morgan fingerprint density at radius 1 is 1.12 bits per heavy atom. The molecule has 6 N–H and O–H groups in total. The van der Waals surface area contributed by atoms with Crippen molar-refractivity contribution in [2.45, 2.75) is 70.1 Å². The van der Waals surface area contributed by atoms with E-state index in [1.807, 2.05) is 0 Å². The van der Waals surface area contributed by atoms with Gasteiger partial charge < -0.3 is 21.1 Å². The van der Waals surface area contributed by atoms with Crippen LogP contribution in [0.4, 0.5) is 13.2 Å². The summed E-state index contributed by atoms with van der Waals surface area (Å²) in [5.41, 5.74) is 15.7. The first kappa shape index (κ1) is 22.9. The number of allylic oxidation sites excluding steroid dienone is 1. The average Bonchev–Trinajstić information content (AvgIpc) is 2.74. The quantitative estimate of drug-likeness (QED) is 0.526. The van der Waals surface area contributed by atoms with Crippen molar-refractivity contribution in [1.82, 2.24) is 10.6 Å². The molecule has 1 heterocycles. The summed E-state index contributed by atoms with van der Waals surface area (Å²) < 4.78 is 41.9. The SMILES string of the molecule is NC1=NC(N)(C2CCC(CNCc3ccccc3OC(F)(F)F)CC2)NC2=C1CCCC2. The number of benzene rings is 1. The number of rotatable bonds is 6. The van der Waals surface area contributed by atoms with E-state index in [0.29, 0.717) is 23.9 Å². The van der Waals surface area contributed by atoms with Gasteiger partial charge in [-0.05, 0) is 69.9 Å². The summed E-state index contributed by atoms with van der Waals surface area (Å²) in [6.45, 7) is 1.06. The van der Waals surface area contributed by atoms with Crippen LogP contribution >= 0.6 is 0 Å². The highest BCUT2D eigenvalue weighted by Gasteiger charge is 2.41. The molecule has 6 nitrogen and oxygen atoms in total. The number of aliphatic imine (C=N–C) groups is 1. The number of nitrogens with one attached hydrogen (secondary N) is 2. The molecule has 2 aliphatic carbocycles. The molecule has 1 fully saturated rings. The van der Waals surface area contributed by atoms with Crippen molar-refractivity contribution < 1.29 is 17.9 Å². The number of hydrogen-bond acceptors (Lipinski definition) is 6. The Hall–Kier alpha value is -2.26. The zero-order valence-corrected chi connectivity index (χ0v) is 18.2. The topological polar surface area (TPSA) is 97.7 Å². The van der Waals surface area contributed by atoms with Crippen LogP contribution in [0.25, 0.3) is 0 Å². The molecule has 1 unspecified atom stereocenters. The predicted octanol–water partition coefficient (Wildman–Crippen LogP) is 3.88. The van der Waals surface area contributed by atoms with Gasteiger partial charge in [-0.25, -0.2) is 4.99 Å². The van der Waals surface area contributed by atoms with Gasteiger partial charge in [0.2, 0.25) is 0 Å². The van der Waals surface area contributed by atoms with Gasteiger partial charge in [0.15, 0.2) is 5.79 Å². The van der Waals surface area contributed by atoms with E-state index in [0.717, 1.165) is 69.2 Å². The van der Waals surface area contributed by atoms with Crippen molar-refractivity contribution in [3.63, 3.8) is 0 Å². The predicted molar refractivity (Wildman–Crippen MR) is 117 cm³/mol. The number of alkyl halides is 3. The summed E-state index contributed by atoms with van der Waals surface area (Å²) in [6.07, 6.45) is 3.36. The molecule has 0 spiro atoms. The molecule has 1 aromatic rings. The van der Waals surface area contributed by atoms with E-state index in [-0.39, 0.29) is 11.7 Å². The highest BCUT2D eigenvalue weighted by atomic mass is 19.4. The standard InChI is InChI=1S/C23H32F3N5O/c24-23(25,26)32-20-8-4-1-5-16(20)14-29-13-15-9-11-17(12-10-15)22(28)30-19-7-3-2-6-18(19)21(27)31-22/h1,4-5,8,15,17,29-30H,2-3,6-7,9-14,28H2,(H2,27,31). The van der Waals surface area contributed by atoms with E-state index in [9.17, 15) is 13.2 Å². The molecule has 176 valence electrons. The van der Waals surface area contributed by atoms with Crippen LogP contribution in [0, 0.1) is 11.8 Å². The summed E-state index contributed by atoms with van der Waals surface area (Å²) in [4.78, 5) is 4.67. The van der Waals surface area contributed by atoms with Gasteiger partial charge in [0.25, 0.3) is 0 Å². The Balaban J connectivity index is 1.27. The highest BCUT2D eigenvalue weighted by Crippen LogP contribution is 2.38. The fourth-order valence-electron chi connectivity index (χ4n) is 5.15. The van der Waals surface area contributed by atoms with Gasteiger partial charge in [0, 0.05) is 29.3 Å². The average molecular weight is 452 g/mol. The minimum Gasteiger partial charge on any atom is -0.405 e. The van der Waals surface area contributed by atoms with Crippen LogP contribution in [0.5, 0.6) is 5.75 Å². The number of halogens is 3. The molecule has 1 atom stereocenters. The van der Waals surface area contributed by atoms with Crippen LogP contribution in [-0.2, 0) is 6.54 Å². The van der Waals surface area contributed by atoms with Crippen molar-refractivity contribution in [3.8, 4) is 5.75 Å². The second-order valence-corrected chi connectivity index (χ2v) is 9.12. The Kier molecular flexibility index (Phi) is 6.67. The Morgan fingerprint density at radius 2 is 1.84 bits per heavy atom. The lowest BCUT2D eigenvalue weighted by Gasteiger charge is -2.43. The van der Waals surface area contributed by atoms with Crippen LogP contribution in [0.3, 0.4) is 0 Å². The smallest absolute Gasteiger partial charge is 0.405 e. The van der Waals surface area contributed by atoms with Gasteiger partial charge >= 0.3 is 6.36 Å². The van der Waals surface area contributed by atoms with Crippen LogP contribution in [0.15, 0.2) is 40.5 Å². The van der Waals surface area contributed by atoms with Gasteiger partial charge in [-0.3, -0.25) is 5.73 Å². The zero-order valence-electron chi connectivity index (χ0n) is 18.2. The van der Waals surface area contributed by atoms with Crippen LogP contribution in [0.2, 0.25) is 0 Å². The van der Waals surface area contributed by atoms with Crippen molar-refractivity contribution in [1.29, 1.82) is 0 Å². The number of para-hydroxylation sites is 1. The summed E-state index contributed by atoms with van der Waals surface area (Å²) in [5, 5.41) is 6.80. The summed E-state index contributed by atoms with van der Waals surface area (Å²) >= 11 is 0. The molecule has 32 heavy (non-hydrogen) atoms. The van der Waals surface area contributed by atoms with Crippen LogP contribution in [0.1, 0.15) is 56.9 Å². The summed E-state index contributed by atoms with van der Waals surface area (Å²) in [5.74, 6) is 0.238. The second-order valence-electron chi connectivity index (χ2n) is 9.12. The van der Waals surface area contributed by atoms with E-state index in [2.05, 4.69) is 20.4 Å². The number of nitrogens with two attached hydrogens (primary N) is 2. The van der Waals surface area contributed by atoms with E-state index in [1.54, 1.807) is 12.1 Å². The van der Waals surface area contributed by atoms with Crippen molar-refractivity contribution in [2.75, 3.05) is 6.54 Å². The van der Waals surface area contributed by atoms with Crippen molar-refractivity contribution >= 4 is 5.84 Å². The number of ether oxygens (including phenoxy) is 1. The van der Waals surface area contributed by atoms with Crippen molar-refractivity contribution in [2.24, 2.45) is 28.3 Å². The third-order valence-electron chi connectivity index (χ3n) is 6.85. The van der Waals surface area contributed by atoms with Crippen LogP contribution < -0.4 is 26.8 Å². The third-order valence-corrected chi connectivity index (χ3v) is 6.85. The molecule has 0 bridgehead atoms. The number of amidine groups is 1. The molecule has 9 heteroatoms. The van der Waals surface area contributed by atoms with Gasteiger partial charge in [-0.2, -0.15) is 0 Å². The maximum Gasteiger partial charge on any atom is 0.573 e. The molecule has 0 saturated heterocycles. The minimum atomic E-state index is -4.69. The van der Waals surface area contributed by atoms with Gasteiger partial charge in [0.05, 0.1) is 0 Å². The second kappa shape index (κ2) is 9.31. The molecule has 1 aromatic carbocycles. The molecule has 0 aromatic heterocycles. The number of hydrogen-bond donors (Lipinski definition) is 4. The fraction of sp³-hybridized carbons (Fsp3) is 0.609. The van der Waals surface area contributed by atoms with Gasteiger partial charge in [0.1, 0.15) is 11.6 Å². The maximum atomic E-state index is 12.6. The maximum absolute atomic E-state index is 12.6. The fourth-order valence-corrected chi connectivity index (χ4v) is 5.15. The van der Waals surface area contributed by atoms with E-state index >= 15 is 0 Å². The molecule has 1 aliphatic heterocycles. The Bertz CT molecular complexity index is 877. The van der Waals surface area contributed by atoms with E-state index in [4.69, 9.17) is 11.5 Å². The van der Waals surface area contributed by atoms with E-state index in [1.165, 1.54) is 12.1 Å². The largest absolute Gasteiger partial charge is 0.573 e. The lowest BCUT2D eigenvalue weighted by atomic mass is 9.77. The Labute approximate surface area is 186 Å². The molecule has 0 amide bonds.